The van der Waals surface area contributed by atoms with Gasteiger partial charge in [-0.25, -0.2) is 0 Å². The van der Waals surface area contributed by atoms with E-state index in [9.17, 15) is 0 Å². The predicted molar refractivity (Wildman–Crippen MR) is 75.3 cm³/mol. The SMILES string of the molecule is C=Cc1ccc(-c2noc(-c3ccccc3)n2)cc1. The van der Waals surface area contributed by atoms with Gasteiger partial charge in [0.25, 0.3) is 5.89 Å². The molecule has 0 fully saturated rings. The molecule has 3 aromatic rings. The minimum atomic E-state index is 0.531. The van der Waals surface area contributed by atoms with Gasteiger partial charge in [0.15, 0.2) is 0 Å². The van der Waals surface area contributed by atoms with Crippen molar-refractivity contribution in [1.29, 1.82) is 0 Å². The van der Waals surface area contributed by atoms with Gasteiger partial charge in [0.2, 0.25) is 5.82 Å². The van der Waals surface area contributed by atoms with Gasteiger partial charge in [-0.3, -0.25) is 0 Å². The molecule has 0 aliphatic rings. The van der Waals surface area contributed by atoms with Gasteiger partial charge in [-0.1, -0.05) is 60.3 Å². The lowest BCUT2D eigenvalue weighted by molar-refractivity contribution is 0.432. The second kappa shape index (κ2) is 4.90. The molecule has 0 N–H and O–H groups in total. The summed E-state index contributed by atoms with van der Waals surface area (Å²) < 4.78 is 5.28. The summed E-state index contributed by atoms with van der Waals surface area (Å²) >= 11 is 0. The Morgan fingerprint density at radius 1 is 0.895 bits per heavy atom. The summed E-state index contributed by atoms with van der Waals surface area (Å²) in [6.45, 7) is 3.73. The molecule has 0 bridgehead atoms. The van der Waals surface area contributed by atoms with Crippen LogP contribution in [-0.2, 0) is 0 Å². The van der Waals surface area contributed by atoms with Gasteiger partial charge >= 0.3 is 0 Å². The second-order valence-corrected chi connectivity index (χ2v) is 4.12. The van der Waals surface area contributed by atoms with Crippen molar-refractivity contribution in [3.63, 3.8) is 0 Å². The monoisotopic (exact) mass is 248 g/mol. The largest absolute Gasteiger partial charge is 0.334 e. The van der Waals surface area contributed by atoms with Crippen LogP contribution in [0.25, 0.3) is 28.9 Å². The highest BCUT2D eigenvalue weighted by atomic mass is 16.5. The molecule has 3 heteroatoms. The Labute approximate surface area is 111 Å². The lowest BCUT2D eigenvalue weighted by Crippen LogP contribution is -1.81. The third-order valence-corrected chi connectivity index (χ3v) is 2.85. The lowest BCUT2D eigenvalue weighted by atomic mass is 10.1. The summed E-state index contributed by atoms with van der Waals surface area (Å²) in [4.78, 5) is 4.40. The standard InChI is InChI=1S/C16H12N2O/c1-2-12-8-10-13(11-9-12)15-17-16(19-18-15)14-6-4-3-5-7-14/h2-11H,1H2. The topological polar surface area (TPSA) is 38.9 Å². The van der Waals surface area contributed by atoms with Crippen molar-refractivity contribution < 1.29 is 4.52 Å². The number of nitrogens with zero attached hydrogens (tertiary/aromatic N) is 2. The van der Waals surface area contributed by atoms with Crippen LogP contribution < -0.4 is 0 Å². The molecule has 0 aliphatic heterocycles. The van der Waals surface area contributed by atoms with Gasteiger partial charge in [-0.2, -0.15) is 4.98 Å². The Kier molecular flexibility index (Phi) is 2.94. The molecule has 0 unspecified atom stereocenters. The van der Waals surface area contributed by atoms with Crippen LogP contribution in [0.2, 0.25) is 0 Å². The van der Waals surface area contributed by atoms with Crippen LogP contribution in [0, 0.1) is 0 Å². The van der Waals surface area contributed by atoms with Crippen LogP contribution >= 0.6 is 0 Å². The summed E-state index contributed by atoms with van der Waals surface area (Å²) in [5.74, 6) is 1.12. The van der Waals surface area contributed by atoms with Crippen molar-refractivity contribution in [2.45, 2.75) is 0 Å². The van der Waals surface area contributed by atoms with E-state index in [1.165, 1.54) is 0 Å². The highest BCUT2D eigenvalue weighted by Crippen LogP contribution is 2.22. The summed E-state index contributed by atoms with van der Waals surface area (Å²) in [7, 11) is 0. The predicted octanol–water partition coefficient (Wildman–Crippen LogP) is 4.05. The summed E-state index contributed by atoms with van der Waals surface area (Å²) in [5, 5.41) is 4.01. The minimum absolute atomic E-state index is 0.531. The van der Waals surface area contributed by atoms with E-state index in [1.54, 1.807) is 6.08 Å². The van der Waals surface area contributed by atoms with Crippen molar-refractivity contribution in [3.8, 4) is 22.8 Å². The zero-order valence-electron chi connectivity index (χ0n) is 10.3. The summed E-state index contributed by atoms with van der Waals surface area (Å²) in [6, 6.07) is 17.6. The van der Waals surface area contributed by atoms with Gasteiger partial charge in [0.1, 0.15) is 0 Å². The van der Waals surface area contributed by atoms with E-state index in [2.05, 4.69) is 16.7 Å². The fourth-order valence-corrected chi connectivity index (χ4v) is 1.81. The van der Waals surface area contributed by atoms with E-state index < -0.39 is 0 Å². The molecule has 3 nitrogen and oxygen atoms in total. The number of rotatable bonds is 3. The zero-order chi connectivity index (χ0) is 13.1. The normalized spacial score (nSPS) is 10.3. The van der Waals surface area contributed by atoms with Crippen LogP contribution in [0.4, 0.5) is 0 Å². The van der Waals surface area contributed by atoms with Gasteiger partial charge in [0.05, 0.1) is 0 Å². The quantitative estimate of drug-likeness (QED) is 0.702. The number of aromatic nitrogens is 2. The van der Waals surface area contributed by atoms with Crippen LogP contribution in [0.15, 0.2) is 65.7 Å². The molecule has 0 aliphatic carbocycles. The molecule has 0 amide bonds. The molecule has 0 saturated carbocycles. The molecule has 1 heterocycles. The van der Waals surface area contributed by atoms with Gasteiger partial charge in [-0.15, -0.1) is 0 Å². The van der Waals surface area contributed by atoms with E-state index in [-0.39, 0.29) is 0 Å². The highest BCUT2D eigenvalue weighted by Gasteiger charge is 2.09. The van der Waals surface area contributed by atoms with Crippen molar-refractivity contribution in [1.82, 2.24) is 10.1 Å². The number of hydrogen-bond donors (Lipinski definition) is 0. The number of hydrogen-bond acceptors (Lipinski definition) is 3. The maximum Gasteiger partial charge on any atom is 0.258 e. The molecule has 1 aromatic heterocycles. The molecule has 2 aromatic carbocycles. The summed E-state index contributed by atoms with van der Waals surface area (Å²) in [5.41, 5.74) is 2.91. The average molecular weight is 248 g/mol. The fraction of sp³-hybridized carbons (Fsp3) is 0. The maximum absolute atomic E-state index is 5.28. The molecule has 3 rings (SSSR count). The maximum atomic E-state index is 5.28. The molecule has 0 radical (unpaired) electrons. The number of benzene rings is 2. The highest BCUT2D eigenvalue weighted by molar-refractivity contribution is 5.61. The van der Waals surface area contributed by atoms with Gasteiger partial charge in [-0.05, 0) is 17.7 Å². The molecule has 19 heavy (non-hydrogen) atoms. The molecular weight excluding hydrogens is 236 g/mol. The first-order valence-corrected chi connectivity index (χ1v) is 5.99. The van der Waals surface area contributed by atoms with Gasteiger partial charge < -0.3 is 4.52 Å². The molecule has 0 spiro atoms. The molecule has 92 valence electrons. The second-order valence-electron chi connectivity index (χ2n) is 4.12. The molecule has 0 atom stereocenters. The van der Waals surface area contributed by atoms with Crippen LogP contribution in [0.5, 0.6) is 0 Å². The Hall–Kier alpha value is -2.68. The molecule has 0 saturated heterocycles. The van der Waals surface area contributed by atoms with Crippen LogP contribution in [-0.4, -0.2) is 10.1 Å². The van der Waals surface area contributed by atoms with E-state index >= 15 is 0 Å². The Bertz CT molecular complexity index is 684. The third kappa shape index (κ3) is 2.31. The fourth-order valence-electron chi connectivity index (χ4n) is 1.81. The van der Waals surface area contributed by atoms with Crippen molar-refractivity contribution in [2.75, 3.05) is 0 Å². The Morgan fingerprint density at radius 2 is 1.63 bits per heavy atom. The van der Waals surface area contributed by atoms with Crippen molar-refractivity contribution >= 4 is 6.08 Å². The van der Waals surface area contributed by atoms with E-state index in [0.717, 1.165) is 16.7 Å². The first-order valence-electron chi connectivity index (χ1n) is 5.99. The van der Waals surface area contributed by atoms with E-state index in [1.807, 2.05) is 54.6 Å². The molecular formula is C16H12N2O. The van der Waals surface area contributed by atoms with E-state index in [4.69, 9.17) is 4.52 Å². The lowest BCUT2D eigenvalue weighted by Gasteiger charge is -1.95. The minimum Gasteiger partial charge on any atom is -0.334 e. The van der Waals surface area contributed by atoms with Crippen LogP contribution in [0.1, 0.15) is 5.56 Å². The van der Waals surface area contributed by atoms with Gasteiger partial charge in [0, 0.05) is 11.1 Å². The first-order chi connectivity index (χ1) is 9.36. The summed E-state index contributed by atoms with van der Waals surface area (Å²) in [6.07, 6.45) is 1.80. The third-order valence-electron chi connectivity index (χ3n) is 2.85. The average Bonchev–Trinajstić information content (AvgIpc) is 2.98. The zero-order valence-corrected chi connectivity index (χ0v) is 10.3. The Balaban J connectivity index is 1.94. The first kappa shape index (κ1) is 11.4. The Morgan fingerprint density at radius 3 is 2.32 bits per heavy atom. The van der Waals surface area contributed by atoms with Crippen molar-refractivity contribution in [3.05, 3.63) is 66.7 Å². The van der Waals surface area contributed by atoms with E-state index in [0.29, 0.717) is 11.7 Å². The smallest absolute Gasteiger partial charge is 0.258 e. The van der Waals surface area contributed by atoms with Crippen molar-refractivity contribution in [2.24, 2.45) is 0 Å². The van der Waals surface area contributed by atoms with Crippen LogP contribution in [0.3, 0.4) is 0 Å².